The van der Waals surface area contributed by atoms with Crippen LogP contribution in [0.5, 0.6) is 0 Å². The summed E-state index contributed by atoms with van der Waals surface area (Å²) < 4.78 is 14.4. The Hall–Kier alpha value is -0.650. The third-order valence-corrected chi connectivity index (χ3v) is 1.74. The first-order valence-corrected chi connectivity index (χ1v) is 4.41. The van der Waals surface area contributed by atoms with E-state index in [4.69, 9.17) is 14.2 Å². The summed E-state index contributed by atoms with van der Waals surface area (Å²) in [5, 5.41) is 9.82. The molecular formula is C9H18O5. The number of aliphatic hydroxyl groups is 1. The third-order valence-electron chi connectivity index (χ3n) is 1.74. The molecule has 1 N–H and O–H groups in total. The van der Waals surface area contributed by atoms with Crippen molar-refractivity contribution >= 4 is 5.97 Å². The van der Waals surface area contributed by atoms with Crippen molar-refractivity contribution in [1.29, 1.82) is 0 Å². The molecular weight excluding hydrogens is 188 g/mol. The minimum Gasteiger partial charge on any atom is -0.466 e. The van der Waals surface area contributed by atoms with E-state index in [9.17, 15) is 9.90 Å². The van der Waals surface area contributed by atoms with Crippen LogP contribution in [-0.2, 0) is 19.0 Å². The fourth-order valence-corrected chi connectivity index (χ4v) is 1.19. The lowest BCUT2D eigenvalue weighted by molar-refractivity contribution is -0.214. The monoisotopic (exact) mass is 206 g/mol. The van der Waals surface area contributed by atoms with E-state index in [1.54, 1.807) is 6.92 Å². The SMILES string of the molecule is CCOC(=O)CC(C)(O)C(OC)OC. The summed E-state index contributed by atoms with van der Waals surface area (Å²) in [6.07, 6.45) is -1.00. The minimum atomic E-state index is -1.38. The molecule has 0 spiro atoms. The predicted octanol–water partition coefficient (Wildman–Crippen LogP) is 0.309. The molecule has 84 valence electrons. The number of hydrogen-bond acceptors (Lipinski definition) is 5. The summed E-state index contributed by atoms with van der Waals surface area (Å²) in [5.41, 5.74) is -1.38. The molecule has 1 atom stereocenters. The second-order valence-corrected chi connectivity index (χ2v) is 3.14. The topological polar surface area (TPSA) is 65.0 Å². The summed E-state index contributed by atoms with van der Waals surface area (Å²) in [5.74, 6) is -0.475. The molecule has 0 aromatic carbocycles. The zero-order chi connectivity index (χ0) is 11.2. The Kier molecular flexibility index (Phi) is 5.68. The molecule has 14 heavy (non-hydrogen) atoms. The van der Waals surface area contributed by atoms with Gasteiger partial charge in [0.25, 0.3) is 0 Å². The molecule has 0 saturated heterocycles. The number of carbonyl (C=O) groups excluding carboxylic acids is 1. The Labute approximate surface area is 84.0 Å². The van der Waals surface area contributed by atoms with Crippen LogP contribution in [0.4, 0.5) is 0 Å². The van der Waals surface area contributed by atoms with Gasteiger partial charge in [-0.3, -0.25) is 4.79 Å². The Morgan fingerprint density at radius 3 is 2.29 bits per heavy atom. The molecule has 0 aromatic rings. The standard InChI is InChI=1S/C9H18O5/c1-5-14-7(10)6-9(2,11)8(12-3)13-4/h8,11H,5-6H2,1-4H3. The molecule has 0 aliphatic carbocycles. The van der Waals surface area contributed by atoms with Crippen LogP contribution in [0.15, 0.2) is 0 Å². The van der Waals surface area contributed by atoms with Crippen molar-refractivity contribution in [1.82, 2.24) is 0 Å². The lowest BCUT2D eigenvalue weighted by Gasteiger charge is -2.29. The molecule has 0 aliphatic heterocycles. The van der Waals surface area contributed by atoms with E-state index < -0.39 is 17.9 Å². The molecule has 5 heteroatoms. The number of esters is 1. The number of rotatable bonds is 6. The van der Waals surface area contributed by atoms with Gasteiger partial charge in [-0.1, -0.05) is 0 Å². The van der Waals surface area contributed by atoms with E-state index in [-0.39, 0.29) is 6.42 Å². The van der Waals surface area contributed by atoms with Gasteiger partial charge in [-0.15, -0.1) is 0 Å². The Balaban J connectivity index is 4.23. The highest BCUT2D eigenvalue weighted by molar-refractivity contribution is 5.70. The van der Waals surface area contributed by atoms with Crippen molar-refractivity contribution in [3.05, 3.63) is 0 Å². The molecule has 0 heterocycles. The molecule has 0 amide bonds. The van der Waals surface area contributed by atoms with Crippen LogP contribution in [-0.4, -0.2) is 43.8 Å². The largest absolute Gasteiger partial charge is 0.466 e. The van der Waals surface area contributed by atoms with Gasteiger partial charge < -0.3 is 19.3 Å². The van der Waals surface area contributed by atoms with E-state index in [2.05, 4.69) is 0 Å². The van der Waals surface area contributed by atoms with Crippen molar-refractivity contribution in [2.45, 2.75) is 32.2 Å². The van der Waals surface area contributed by atoms with Crippen molar-refractivity contribution in [2.75, 3.05) is 20.8 Å². The number of methoxy groups -OCH3 is 2. The van der Waals surface area contributed by atoms with Gasteiger partial charge in [0.05, 0.1) is 13.0 Å². The van der Waals surface area contributed by atoms with Crippen LogP contribution in [0.1, 0.15) is 20.3 Å². The van der Waals surface area contributed by atoms with E-state index in [1.807, 2.05) is 0 Å². The summed E-state index contributed by atoms with van der Waals surface area (Å²) in [6.45, 7) is 3.46. The van der Waals surface area contributed by atoms with Crippen LogP contribution in [0, 0.1) is 0 Å². The number of carbonyl (C=O) groups is 1. The van der Waals surface area contributed by atoms with Gasteiger partial charge in [0.2, 0.25) is 0 Å². The minimum absolute atomic E-state index is 0.160. The van der Waals surface area contributed by atoms with Gasteiger partial charge in [-0.25, -0.2) is 0 Å². The zero-order valence-corrected chi connectivity index (χ0v) is 9.07. The fourth-order valence-electron chi connectivity index (χ4n) is 1.19. The van der Waals surface area contributed by atoms with Crippen molar-refractivity contribution in [2.24, 2.45) is 0 Å². The zero-order valence-electron chi connectivity index (χ0n) is 9.07. The maximum atomic E-state index is 11.1. The van der Waals surface area contributed by atoms with Crippen LogP contribution < -0.4 is 0 Å². The van der Waals surface area contributed by atoms with Gasteiger partial charge in [0.1, 0.15) is 5.60 Å². The Morgan fingerprint density at radius 1 is 1.43 bits per heavy atom. The van der Waals surface area contributed by atoms with E-state index in [0.29, 0.717) is 6.61 Å². The summed E-state index contributed by atoms with van der Waals surface area (Å²) in [6, 6.07) is 0. The van der Waals surface area contributed by atoms with Crippen molar-refractivity contribution in [3.8, 4) is 0 Å². The molecule has 0 rings (SSSR count). The summed E-state index contributed by atoms with van der Waals surface area (Å²) in [4.78, 5) is 11.1. The smallest absolute Gasteiger partial charge is 0.308 e. The molecule has 1 unspecified atom stereocenters. The molecule has 0 bridgehead atoms. The first kappa shape index (κ1) is 13.4. The highest BCUT2D eigenvalue weighted by Gasteiger charge is 2.35. The van der Waals surface area contributed by atoms with Crippen LogP contribution >= 0.6 is 0 Å². The van der Waals surface area contributed by atoms with Gasteiger partial charge >= 0.3 is 5.97 Å². The maximum Gasteiger partial charge on any atom is 0.308 e. The Bertz CT molecular complexity index is 174. The normalized spacial score (nSPS) is 15.3. The predicted molar refractivity (Wildman–Crippen MR) is 49.7 cm³/mol. The third kappa shape index (κ3) is 4.04. The molecule has 0 aliphatic rings. The average Bonchev–Trinajstić information content (AvgIpc) is 2.04. The molecule has 0 saturated carbocycles. The van der Waals surface area contributed by atoms with E-state index in [0.717, 1.165) is 0 Å². The average molecular weight is 206 g/mol. The molecule has 0 radical (unpaired) electrons. The van der Waals surface area contributed by atoms with Crippen molar-refractivity contribution < 1.29 is 24.1 Å². The van der Waals surface area contributed by atoms with Crippen LogP contribution in [0.3, 0.4) is 0 Å². The van der Waals surface area contributed by atoms with E-state index in [1.165, 1.54) is 21.1 Å². The second-order valence-electron chi connectivity index (χ2n) is 3.14. The number of hydrogen-bond donors (Lipinski definition) is 1. The van der Waals surface area contributed by atoms with Crippen LogP contribution in [0.2, 0.25) is 0 Å². The van der Waals surface area contributed by atoms with Gasteiger partial charge in [-0.05, 0) is 13.8 Å². The van der Waals surface area contributed by atoms with E-state index >= 15 is 0 Å². The van der Waals surface area contributed by atoms with Gasteiger partial charge in [0, 0.05) is 14.2 Å². The molecule has 0 aromatic heterocycles. The maximum absolute atomic E-state index is 11.1. The fraction of sp³-hybridized carbons (Fsp3) is 0.889. The Morgan fingerprint density at radius 2 is 1.93 bits per heavy atom. The summed E-state index contributed by atoms with van der Waals surface area (Å²) in [7, 11) is 2.79. The quantitative estimate of drug-likeness (QED) is 0.500. The van der Waals surface area contributed by atoms with Crippen molar-refractivity contribution in [3.63, 3.8) is 0 Å². The lowest BCUT2D eigenvalue weighted by atomic mass is 10.0. The van der Waals surface area contributed by atoms with Crippen LogP contribution in [0.25, 0.3) is 0 Å². The summed E-state index contributed by atoms with van der Waals surface area (Å²) >= 11 is 0. The first-order chi connectivity index (χ1) is 6.47. The molecule has 0 fully saturated rings. The first-order valence-electron chi connectivity index (χ1n) is 4.41. The number of ether oxygens (including phenoxy) is 3. The highest BCUT2D eigenvalue weighted by Crippen LogP contribution is 2.18. The molecule has 5 nitrogen and oxygen atoms in total. The second kappa shape index (κ2) is 5.95. The van der Waals surface area contributed by atoms with Gasteiger partial charge in [0.15, 0.2) is 6.29 Å². The van der Waals surface area contributed by atoms with Gasteiger partial charge in [-0.2, -0.15) is 0 Å². The lowest BCUT2D eigenvalue weighted by Crippen LogP contribution is -2.43. The highest BCUT2D eigenvalue weighted by atomic mass is 16.7.